The second kappa shape index (κ2) is 7.79. The molecule has 1 aromatic rings. The topological polar surface area (TPSA) is 21.3 Å². The number of ether oxygens (including phenoxy) is 1. The van der Waals surface area contributed by atoms with Gasteiger partial charge in [-0.05, 0) is 68.3 Å². The van der Waals surface area contributed by atoms with Gasteiger partial charge >= 0.3 is 0 Å². The predicted molar refractivity (Wildman–Crippen MR) is 85.1 cm³/mol. The Hall–Kier alpha value is -1.09. The Balaban J connectivity index is 2.03. The zero-order chi connectivity index (χ0) is 15.2. The van der Waals surface area contributed by atoms with Gasteiger partial charge in [-0.3, -0.25) is 0 Å². The van der Waals surface area contributed by atoms with E-state index in [-0.39, 0.29) is 11.9 Å². The van der Waals surface area contributed by atoms with Gasteiger partial charge in [-0.1, -0.05) is 20.8 Å². The Kier molecular flexibility index (Phi) is 6.04. The molecular weight excluding hydrogens is 265 g/mol. The van der Waals surface area contributed by atoms with Crippen LogP contribution < -0.4 is 10.1 Å². The lowest BCUT2D eigenvalue weighted by atomic mass is 9.78. The molecule has 0 spiro atoms. The zero-order valence-corrected chi connectivity index (χ0v) is 13.4. The lowest BCUT2D eigenvalue weighted by Crippen LogP contribution is -2.48. The molecule has 1 aliphatic rings. The highest BCUT2D eigenvalue weighted by molar-refractivity contribution is 5.22. The molecule has 3 atom stereocenters. The molecule has 0 radical (unpaired) electrons. The van der Waals surface area contributed by atoms with Crippen LogP contribution in [0.15, 0.2) is 24.3 Å². The molecule has 3 unspecified atom stereocenters. The van der Waals surface area contributed by atoms with Gasteiger partial charge in [0.25, 0.3) is 0 Å². The van der Waals surface area contributed by atoms with Crippen LogP contribution in [0, 0.1) is 17.7 Å². The second-order valence-corrected chi connectivity index (χ2v) is 6.49. The molecule has 21 heavy (non-hydrogen) atoms. The van der Waals surface area contributed by atoms with Crippen LogP contribution in [0.3, 0.4) is 0 Å². The highest BCUT2D eigenvalue weighted by Crippen LogP contribution is 2.32. The smallest absolute Gasteiger partial charge is 0.123 e. The molecule has 1 fully saturated rings. The minimum absolute atomic E-state index is 0.183. The van der Waals surface area contributed by atoms with E-state index >= 15 is 0 Å². The van der Waals surface area contributed by atoms with E-state index in [9.17, 15) is 4.39 Å². The minimum atomic E-state index is -0.216. The lowest BCUT2D eigenvalue weighted by molar-refractivity contribution is 0.0719. The maximum atomic E-state index is 13.0. The number of rotatable bonds is 6. The van der Waals surface area contributed by atoms with Crippen LogP contribution in [-0.2, 0) is 0 Å². The van der Waals surface area contributed by atoms with Gasteiger partial charge in [-0.25, -0.2) is 4.39 Å². The fourth-order valence-corrected chi connectivity index (χ4v) is 3.15. The average molecular weight is 293 g/mol. The fraction of sp³-hybridized carbons (Fsp3) is 0.667. The summed E-state index contributed by atoms with van der Waals surface area (Å²) in [6, 6.07) is 6.79. The number of hydrogen-bond donors (Lipinski definition) is 1. The normalized spacial score (nSPS) is 26.0. The van der Waals surface area contributed by atoms with Gasteiger partial charge in [0, 0.05) is 6.04 Å². The Morgan fingerprint density at radius 1 is 1.24 bits per heavy atom. The van der Waals surface area contributed by atoms with Crippen molar-refractivity contribution < 1.29 is 9.13 Å². The summed E-state index contributed by atoms with van der Waals surface area (Å²) in [5.41, 5.74) is 0. The highest BCUT2D eigenvalue weighted by atomic mass is 19.1. The zero-order valence-electron chi connectivity index (χ0n) is 13.4. The number of hydrogen-bond acceptors (Lipinski definition) is 2. The van der Waals surface area contributed by atoms with Gasteiger partial charge < -0.3 is 10.1 Å². The van der Waals surface area contributed by atoms with Crippen molar-refractivity contribution in [2.24, 2.45) is 11.8 Å². The summed E-state index contributed by atoms with van der Waals surface area (Å²) in [5, 5.41) is 3.61. The molecule has 2 rings (SSSR count). The van der Waals surface area contributed by atoms with E-state index < -0.39 is 0 Å². The Morgan fingerprint density at radius 2 is 1.95 bits per heavy atom. The molecule has 3 heteroatoms. The van der Waals surface area contributed by atoms with Crippen LogP contribution >= 0.6 is 0 Å². The molecule has 118 valence electrons. The molecule has 0 aliphatic heterocycles. The maximum Gasteiger partial charge on any atom is 0.123 e. The van der Waals surface area contributed by atoms with Crippen molar-refractivity contribution in [3.8, 4) is 5.75 Å². The highest BCUT2D eigenvalue weighted by Gasteiger charge is 2.32. The van der Waals surface area contributed by atoms with Gasteiger partial charge in [0.1, 0.15) is 17.7 Å². The van der Waals surface area contributed by atoms with Crippen LogP contribution in [0.4, 0.5) is 4.39 Å². The third-order valence-corrected chi connectivity index (χ3v) is 4.53. The predicted octanol–water partition coefficient (Wildman–Crippen LogP) is 4.40. The first-order valence-corrected chi connectivity index (χ1v) is 8.25. The Labute approximate surface area is 128 Å². The summed E-state index contributed by atoms with van der Waals surface area (Å²) in [6.45, 7) is 7.79. The van der Waals surface area contributed by atoms with Crippen molar-refractivity contribution in [3.63, 3.8) is 0 Å². The van der Waals surface area contributed by atoms with Gasteiger partial charge in [0.2, 0.25) is 0 Å². The Morgan fingerprint density at radius 3 is 2.57 bits per heavy atom. The van der Waals surface area contributed by atoms with E-state index in [4.69, 9.17) is 4.74 Å². The third kappa shape index (κ3) is 4.70. The summed E-state index contributed by atoms with van der Waals surface area (Å²) < 4.78 is 19.2. The lowest BCUT2D eigenvalue weighted by Gasteiger charge is -2.38. The quantitative estimate of drug-likeness (QED) is 0.839. The van der Waals surface area contributed by atoms with Crippen LogP contribution in [0.25, 0.3) is 0 Å². The van der Waals surface area contributed by atoms with Crippen LogP contribution in [0.2, 0.25) is 0 Å². The van der Waals surface area contributed by atoms with Crippen molar-refractivity contribution in [2.45, 2.75) is 58.6 Å². The van der Waals surface area contributed by atoms with Gasteiger partial charge in [-0.2, -0.15) is 0 Å². The summed E-state index contributed by atoms with van der Waals surface area (Å²) >= 11 is 0. The molecule has 0 saturated heterocycles. The summed E-state index contributed by atoms with van der Waals surface area (Å²) in [6.07, 6.45) is 4.82. The monoisotopic (exact) mass is 293 g/mol. The van der Waals surface area contributed by atoms with Gasteiger partial charge in [-0.15, -0.1) is 0 Å². The van der Waals surface area contributed by atoms with Crippen molar-refractivity contribution >= 4 is 0 Å². The summed E-state index contributed by atoms with van der Waals surface area (Å²) in [4.78, 5) is 0. The Bertz CT molecular complexity index is 418. The van der Waals surface area contributed by atoms with E-state index in [0.29, 0.717) is 12.0 Å². The molecule has 1 aromatic carbocycles. The first-order valence-electron chi connectivity index (χ1n) is 8.25. The third-order valence-electron chi connectivity index (χ3n) is 4.53. The molecule has 0 bridgehead atoms. The molecule has 1 saturated carbocycles. The van der Waals surface area contributed by atoms with E-state index in [0.717, 1.165) is 37.5 Å². The van der Waals surface area contributed by atoms with Crippen LogP contribution in [-0.4, -0.2) is 18.7 Å². The van der Waals surface area contributed by atoms with E-state index in [1.165, 1.54) is 18.6 Å². The average Bonchev–Trinajstić information content (AvgIpc) is 2.48. The molecule has 0 amide bonds. The molecule has 1 N–H and O–H groups in total. The van der Waals surface area contributed by atoms with Crippen molar-refractivity contribution in [1.29, 1.82) is 0 Å². The molecule has 0 aromatic heterocycles. The summed E-state index contributed by atoms with van der Waals surface area (Å²) in [7, 11) is 0. The molecule has 2 nitrogen and oxygen atoms in total. The van der Waals surface area contributed by atoms with Crippen molar-refractivity contribution in [2.75, 3.05) is 6.54 Å². The largest absolute Gasteiger partial charge is 0.489 e. The first kappa shape index (κ1) is 16.3. The minimum Gasteiger partial charge on any atom is -0.489 e. The number of nitrogens with one attached hydrogen (secondary N) is 1. The molecule has 1 aliphatic carbocycles. The molecular formula is C18H28FNO. The van der Waals surface area contributed by atoms with Crippen molar-refractivity contribution in [1.82, 2.24) is 5.32 Å². The molecule has 0 heterocycles. The van der Waals surface area contributed by atoms with Gasteiger partial charge in [0.05, 0.1) is 0 Å². The van der Waals surface area contributed by atoms with E-state index in [2.05, 4.69) is 26.1 Å². The summed E-state index contributed by atoms with van der Waals surface area (Å²) in [5.74, 6) is 1.97. The van der Waals surface area contributed by atoms with Gasteiger partial charge in [0.15, 0.2) is 0 Å². The SMILES string of the molecule is CCCNC1CCC(C(C)C)CC1Oc1ccc(F)cc1. The maximum absolute atomic E-state index is 13.0. The van der Waals surface area contributed by atoms with Crippen LogP contribution in [0.1, 0.15) is 46.5 Å². The van der Waals surface area contributed by atoms with Crippen molar-refractivity contribution in [3.05, 3.63) is 30.1 Å². The van der Waals surface area contributed by atoms with Crippen LogP contribution in [0.5, 0.6) is 5.75 Å². The second-order valence-electron chi connectivity index (χ2n) is 6.49. The fourth-order valence-electron chi connectivity index (χ4n) is 3.15. The first-order chi connectivity index (χ1) is 10.1. The number of benzene rings is 1. The standard InChI is InChI=1S/C18H28FNO/c1-4-11-20-17-10-5-14(13(2)3)12-18(17)21-16-8-6-15(19)7-9-16/h6-9,13-14,17-18,20H,4-5,10-12H2,1-3H3. The van der Waals surface area contributed by atoms with E-state index in [1.54, 1.807) is 12.1 Å². The van der Waals surface area contributed by atoms with E-state index in [1.807, 2.05) is 0 Å². The number of halogens is 1.